The van der Waals surface area contributed by atoms with Gasteiger partial charge in [-0.2, -0.15) is 26.3 Å². The normalized spacial score (nSPS) is 13.5. The van der Waals surface area contributed by atoms with Crippen LogP contribution in [-0.2, 0) is 5.60 Å². The first-order valence-corrected chi connectivity index (χ1v) is 7.24. The summed E-state index contributed by atoms with van der Waals surface area (Å²) in [5.74, 6) is 0. The van der Waals surface area contributed by atoms with Gasteiger partial charge in [-0.25, -0.2) is 0 Å². The number of halogens is 6. The van der Waals surface area contributed by atoms with Gasteiger partial charge < -0.3 is 16.6 Å². The number of aliphatic hydroxyl groups is 1. The molecule has 0 aromatic heterocycles. The molecule has 0 amide bonds. The minimum atomic E-state index is -6.03. The lowest BCUT2D eigenvalue weighted by Crippen LogP contribution is -2.54. The number of hydrogen-bond donors (Lipinski definition) is 3. The molecule has 0 unspecified atom stereocenters. The smallest absolute Gasteiger partial charge is 0.399 e. The van der Waals surface area contributed by atoms with Gasteiger partial charge in [-0.15, -0.1) is 0 Å². The van der Waals surface area contributed by atoms with Crippen LogP contribution in [0, 0.1) is 0 Å². The van der Waals surface area contributed by atoms with Crippen molar-refractivity contribution in [2.45, 2.75) is 18.0 Å². The Kier molecular flexibility index (Phi) is 3.77. The van der Waals surface area contributed by atoms with Gasteiger partial charge >= 0.3 is 12.4 Å². The third-order valence-corrected chi connectivity index (χ3v) is 4.22. The maximum atomic E-state index is 13.3. The van der Waals surface area contributed by atoms with E-state index in [1.807, 2.05) is 0 Å². The fourth-order valence-corrected chi connectivity index (χ4v) is 2.95. The van der Waals surface area contributed by atoms with E-state index in [1.54, 1.807) is 12.1 Å². The van der Waals surface area contributed by atoms with E-state index in [9.17, 15) is 31.4 Å². The Balaban J connectivity index is 2.49. The van der Waals surface area contributed by atoms with Crippen molar-refractivity contribution in [2.24, 2.45) is 0 Å². The predicted octanol–water partition coefficient (Wildman–Crippen LogP) is 4.47. The summed E-state index contributed by atoms with van der Waals surface area (Å²) >= 11 is 0. The summed E-state index contributed by atoms with van der Waals surface area (Å²) in [6, 6.07) is 9.24. The van der Waals surface area contributed by atoms with Gasteiger partial charge in [0.15, 0.2) is 0 Å². The number of rotatable bonds is 1. The summed E-state index contributed by atoms with van der Waals surface area (Å²) < 4.78 is 80.0. The van der Waals surface area contributed by atoms with Gasteiger partial charge in [0.2, 0.25) is 0 Å². The van der Waals surface area contributed by atoms with Crippen molar-refractivity contribution in [3.63, 3.8) is 0 Å². The van der Waals surface area contributed by atoms with Gasteiger partial charge in [-0.05, 0) is 51.9 Å². The van der Waals surface area contributed by atoms with Crippen LogP contribution in [0.3, 0.4) is 0 Å². The summed E-state index contributed by atoms with van der Waals surface area (Å²) in [6.07, 6.45) is -12.1. The van der Waals surface area contributed by atoms with Crippen LogP contribution in [0.15, 0.2) is 42.5 Å². The molecular formula is C17H12F6N2O. The van der Waals surface area contributed by atoms with Crippen LogP contribution in [0.25, 0.3) is 21.5 Å². The molecular weight excluding hydrogens is 362 g/mol. The van der Waals surface area contributed by atoms with Crippen molar-refractivity contribution in [1.29, 1.82) is 0 Å². The Morgan fingerprint density at radius 3 is 1.85 bits per heavy atom. The first kappa shape index (κ1) is 18.1. The molecule has 0 radical (unpaired) electrons. The minimum absolute atomic E-state index is 0.0680. The van der Waals surface area contributed by atoms with E-state index in [2.05, 4.69) is 0 Å². The summed E-state index contributed by atoms with van der Waals surface area (Å²) in [5.41, 5.74) is 3.98. The number of nitrogens with two attached hydrogens (primary N) is 2. The zero-order valence-corrected chi connectivity index (χ0v) is 12.9. The molecule has 26 heavy (non-hydrogen) atoms. The molecule has 5 N–H and O–H groups in total. The van der Waals surface area contributed by atoms with E-state index < -0.39 is 34.6 Å². The van der Waals surface area contributed by atoms with Crippen LogP contribution in [-0.4, -0.2) is 17.5 Å². The Morgan fingerprint density at radius 2 is 1.27 bits per heavy atom. The maximum Gasteiger partial charge on any atom is 0.430 e. The fourth-order valence-electron chi connectivity index (χ4n) is 2.95. The van der Waals surface area contributed by atoms with Gasteiger partial charge in [0.05, 0.1) is 0 Å². The summed E-state index contributed by atoms with van der Waals surface area (Å²) in [7, 11) is 0. The molecule has 0 aliphatic carbocycles. The molecule has 0 heterocycles. The molecule has 0 aliphatic heterocycles. The largest absolute Gasteiger partial charge is 0.430 e. The van der Waals surface area contributed by atoms with Gasteiger partial charge in [0, 0.05) is 16.9 Å². The Morgan fingerprint density at radius 1 is 0.692 bits per heavy atom. The highest BCUT2D eigenvalue weighted by Crippen LogP contribution is 2.53. The molecule has 0 atom stereocenters. The van der Waals surface area contributed by atoms with Gasteiger partial charge in [0.25, 0.3) is 5.60 Å². The van der Waals surface area contributed by atoms with Crippen molar-refractivity contribution in [3.05, 3.63) is 48.0 Å². The lowest BCUT2D eigenvalue weighted by Gasteiger charge is -2.34. The monoisotopic (exact) mass is 374 g/mol. The predicted molar refractivity (Wildman–Crippen MR) is 86.3 cm³/mol. The molecule has 0 fully saturated rings. The van der Waals surface area contributed by atoms with Gasteiger partial charge in [-0.1, -0.05) is 12.1 Å². The quantitative estimate of drug-likeness (QED) is 0.334. The topological polar surface area (TPSA) is 72.3 Å². The van der Waals surface area contributed by atoms with Crippen LogP contribution >= 0.6 is 0 Å². The Hall–Kier alpha value is -2.68. The van der Waals surface area contributed by atoms with Crippen molar-refractivity contribution >= 4 is 32.9 Å². The second-order valence-electron chi connectivity index (χ2n) is 5.92. The highest BCUT2D eigenvalue weighted by Gasteiger charge is 2.72. The molecule has 3 nitrogen and oxygen atoms in total. The molecule has 3 rings (SSSR count). The first-order valence-electron chi connectivity index (χ1n) is 7.24. The van der Waals surface area contributed by atoms with Crippen molar-refractivity contribution in [3.8, 4) is 0 Å². The van der Waals surface area contributed by atoms with Crippen molar-refractivity contribution < 1.29 is 31.4 Å². The third kappa shape index (κ3) is 2.50. The average molecular weight is 374 g/mol. The van der Waals surface area contributed by atoms with Crippen molar-refractivity contribution in [2.75, 3.05) is 11.5 Å². The number of anilines is 2. The summed E-state index contributed by atoms with van der Waals surface area (Å²) in [6.45, 7) is 0. The van der Waals surface area contributed by atoms with E-state index in [1.165, 1.54) is 18.2 Å². The Bertz CT molecular complexity index is 996. The number of nitrogen functional groups attached to an aromatic ring is 2. The molecule has 0 bridgehead atoms. The van der Waals surface area contributed by atoms with E-state index in [0.29, 0.717) is 10.8 Å². The highest BCUT2D eigenvalue weighted by atomic mass is 19.4. The number of benzene rings is 3. The Labute approximate surface area is 142 Å². The molecule has 0 spiro atoms. The second kappa shape index (κ2) is 5.41. The van der Waals surface area contributed by atoms with Gasteiger partial charge in [-0.3, -0.25) is 0 Å². The zero-order valence-electron chi connectivity index (χ0n) is 12.9. The van der Waals surface area contributed by atoms with E-state index in [0.717, 1.165) is 12.1 Å². The van der Waals surface area contributed by atoms with Crippen LogP contribution in [0.4, 0.5) is 37.7 Å². The van der Waals surface area contributed by atoms with Crippen LogP contribution < -0.4 is 11.5 Å². The lowest BCUT2D eigenvalue weighted by molar-refractivity contribution is -0.375. The first-order chi connectivity index (χ1) is 11.9. The molecule has 0 saturated heterocycles. The number of hydrogen-bond acceptors (Lipinski definition) is 3. The van der Waals surface area contributed by atoms with E-state index in [4.69, 9.17) is 11.5 Å². The van der Waals surface area contributed by atoms with Crippen LogP contribution in [0.5, 0.6) is 0 Å². The van der Waals surface area contributed by atoms with Crippen LogP contribution in [0.1, 0.15) is 5.56 Å². The number of alkyl halides is 6. The SMILES string of the molecule is Nc1ccc2cc3ccc(N)c(C(O)(C(F)(F)F)C(F)(F)F)c3cc2c1. The van der Waals surface area contributed by atoms with E-state index in [-0.39, 0.29) is 11.1 Å². The molecule has 0 aliphatic rings. The van der Waals surface area contributed by atoms with E-state index >= 15 is 0 Å². The molecule has 3 aromatic carbocycles. The molecule has 0 saturated carbocycles. The lowest BCUT2D eigenvalue weighted by atomic mass is 9.85. The third-order valence-electron chi connectivity index (χ3n) is 4.22. The number of fused-ring (bicyclic) bond motifs is 2. The summed E-state index contributed by atoms with van der Waals surface area (Å²) in [4.78, 5) is 0. The molecule has 3 aromatic rings. The zero-order chi connectivity index (χ0) is 19.5. The maximum absolute atomic E-state index is 13.3. The molecule has 9 heteroatoms. The minimum Gasteiger partial charge on any atom is -0.399 e. The summed E-state index contributed by atoms with van der Waals surface area (Å²) in [5, 5.41) is 10.3. The molecule has 138 valence electrons. The van der Waals surface area contributed by atoms with Crippen LogP contribution in [0.2, 0.25) is 0 Å². The van der Waals surface area contributed by atoms with Gasteiger partial charge in [0.1, 0.15) is 0 Å². The standard InChI is InChI=1S/C17H12F6N2O/c18-16(19,20)15(26,17(21,22)23)14-12-7-10-6-11(24)3-1-8(10)5-9(12)2-4-13(14)25/h1-7,26H,24-25H2. The van der Waals surface area contributed by atoms with Crippen molar-refractivity contribution in [1.82, 2.24) is 0 Å². The second-order valence-corrected chi connectivity index (χ2v) is 5.92. The average Bonchev–Trinajstić information content (AvgIpc) is 2.50. The highest BCUT2D eigenvalue weighted by molar-refractivity contribution is 6.02. The fraction of sp³-hybridized carbons (Fsp3) is 0.176.